The Morgan fingerprint density at radius 2 is 2.17 bits per heavy atom. The minimum atomic E-state index is -0.573. The summed E-state index contributed by atoms with van der Waals surface area (Å²) in [5, 5.41) is 5.41. The monoisotopic (exact) mass is 336 g/mol. The lowest BCUT2D eigenvalue weighted by Crippen LogP contribution is -2.38. The summed E-state index contributed by atoms with van der Waals surface area (Å²) in [7, 11) is 0. The van der Waals surface area contributed by atoms with Gasteiger partial charge in [0.25, 0.3) is 0 Å². The van der Waals surface area contributed by atoms with E-state index in [1.807, 2.05) is 17.7 Å². The second-order valence-electron chi connectivity index (χ2n) is 5.55. The Morgan fingerprint density at radius 3 is 2.83 bits per heavy atom. The molecule has 0 aliphatic carbocycles. The normalized spacial score (nSPS) is 12.0. The number of carbonyl (C=O) groups is 1. The Hall–Kier alpha value is -2.44. The molecule has 0 bridgehead atoms. The van der Waals surface area contributed by atoms with E-state index < -0.39 is 23.7 Å². The molecule has 1 aromatic carbocycles. The van der Waals surface area contributed by atoms with Crippen LogP contribution in [0.4, 0.5) is 13.6 Å². The molecule has 0 saturated carbocycles. The molecule has 5 nitrogen and oxygen atoms in total. The number of imidazole rings is 1. The molecule has 130 valence electrons. The highest BCUT2D eigenvalue weighted by Gasteiger charge is 2.17. The first-order chi connectivity index (χ1) is 11.5. The number of aromatic nitrogens is 2. The van der Waals surface area contributed by atoms with Crippen molar-refractivity contribution >= 4 is 6.03 Å². The number of rotatable bonds is 7. The number of nitrogens with one attached hydrogen (secondary N) is 2. The summed E-state index contributed by atoms with van der Waals surface area (Å²) in [5.41, 5.74) is 0.154. The third-order valence-electron chi connectivity index (χ3n) is 3.83. The summed E-state index contributed by atoms with van der Waals surface area (Å²) in [5.74, 6) is -0.131. The highest BCUT2D eigenvalue weighted by atomic mass is 19.1. The van der Waals surface area contributed by atoms with Crippen LogP contribution in [0.5, 0.6) is 0 Å². The van der Waals surface area contributed by atoms with Gasteiger partial charge in [-0.1, -0.05) is 6.92 Å². The van der Waals surface area contributed by atoms with Crippen LogP contribution in [0, 0.1) is 18.6 Å². The van der Waals surface area contributed by atoms with Crippen LogP contribution in [-0.2, 0) is 6.54 Å². The lowest BCUT2D eigenvalue weighted by molar-refractivity contribution is 0.236. The minimum Gasteiger partial charge on any atom is -0.338 e. The van der Waals surface area contributed by atoms with Crippen molar-refractivity contribution in [3.8, 4) is 0 Å². The number of hydrogen-bond acceptors (Lipinski definition) is 2. The van der Waals surface area contributed by atoms with Crippen LogP contribution in [-0.4, -0.2) is 22.1 Å². The number of nitrogens with zero attached hydrogens (tertiary/aromatic N) is 2. The standard InChI is InChI=1S/C17H22F2N4O/c1-3-16(14-11-13(18)5-6-15(14)19)22-17(24)21-7-4-9-23-10-8-20-12(23)2/h5-6,8,10-11,16H,3-4,7,9H2,1-2H3,(H2,21,22,24). The first-order valence-corrected chi connectivity index (χ1v) is 7.98. The zero-order valence-electron chi connectivity index (χ0n) is 13.9. The van der Waals surface area contributed by atoms with Crippen LogP contribution in [0.3, 0.4) is 0 Å². The zero-order valence-corrected chi connectivity index (χ0v) is 13.9. The van der Waals surface area contributed by atoms with Crippen molar-refractivity contribution in [3.63, 3.8) is 0 Å². The van der Waals surface area contributed by atoms with Gasteiger partial charge in [0.1, 0.15) is 17.5 Å². The van der Waals surface area contributed by atoms with Crippen molar-refractivity contribution in [3.05, 3.63) is 53.6 Å². The summed E-state index contributed by atoms with van der Waals surface area (Å²) in [6, 6.07) is 2.28. The van der Waals surface area contributed by atoms with Gasteiger partial charge in [0.05, 0.1) is 6.04 Å². The molecule has 7 heteroatoms. The van der Waals surface area contributed by atoms with Crippen molar-refractivity contribution in [2.45, 2.75) is 39.3 Å². The van der Waals surface area contributed by atoms with E-state index >= 15 is 0 Å². The lowest BCUT2D eigenvalue weighted by atomic mass is 10.0. The van der Waals surface area contributed by atoms with Gasteiger partial charge < -0.3 is 15.2 Å². The molecule has 2 N–H and O–H groups in total. The predicted molar refractivity (Wildman–Crippen MR) is 87.5 cm³/mol. The van der Waals surface area contributed by atoms with E-state index in [-0.39, 0.29) is 5.56 Å². The minimum absolute atomic E-state index is 0.154. The molecule has 1 heterocycles. The van der Waals surface area contributed by atoms with Crippen LogP contribution in [0.2, 0.25) is 0 Å². The fourth-order valence-electron chi connectivity index (χ4n) is 2.48. The van der Waals surface area contributed by atoms with Gasteiger partial charge in [-0.15, -0.1) is 0 Å². The van der Waals surface area contributed by atoms with E-state index in [0.29, 0.717) is 13.0 Å². The Kier molecular flexibility index (Phi) is 6.28. The number of halogens is 2. The molecule has 1 aromatic heterocycles. The maximum Gasteiger partial charge on any atom is 0.315 e. The van der Waals surface area contributed by atoms with Gasteiger partial charge >= 0.3 is 6.03 Å². The molecular formula is C17H22F2N4O. The van der Waals surface area contributed by atoms with Crippen molar-refractivity contribution in [1.29, 1.82) is 0 Å². The fourth-order valence-corrected chi connectivity index (χ4v) is 2.48. The molecule has 1 unspecified atom stereocenters. The van der Waals surface area contributed by atoms with Gasteiger partial charge in [0, 0.05) is 31.0 Å². The average molecular weight is 336 g/mol. The quantitative estimate of drug-likeness (QED) is 0.762. The number of benzene rings is 1. The van der Waals surface area contributed by atoms with E-state index in [9.17, 15) is 13.6 Å². The highest BCUT2D eigenvalue weighted by Crippen LogP contribution is 2.21. The fraction of sp³-hybridized carbons (Fsp3) is 0.412. The molecular weight excluding hydrogens is 314 g/mol. The van der Waals surface area contributed by atoms with E-state index in [4.69, 9.17) is 0 Å². The average Bonchev–Trinajstić information content (AvgIpc) is 2.97. The molecule has 2 amide bonds. The van der Waals surface area contributed by atoms with E-state index in [0.717, 1.165) is 37.0 Å². The number of aryl methyl sites for hydroxylation is 2. The molecule has 24 heavy (non-hydrogen) atoms. The Morgan fingerprint density at radius 1 is 1.38 bits per heavy atom. The van der Waals surface area contributed by atoms with Gasteiger partial charge in [-0.3, -0.25) is 0 Å². The Bertz CT molecular complexity index is 687. The molecule has 0 spiro atoms. The highest BCUT2D eigenvalue weighted by molar-refractivity contribution is 5.74. The van der Waals surface area contributed by atoms with Gasteiger partial charge in [-0.25, -0.2) is 18.6 Å². The van der Waals surface area contributed by atoms with Gasteiger partial charge in [0.2, 0.25) is 0 Å². The summed E-state index contributed by atoms with van der Waals surface area (Å²) in [6.07, 6.45) is 4.82. The van der Waals surface area contributed by atoms with Crippen LogP contribution in [0.1, 0.15) is 37.2 Å². The SMILES string of the molecule is CCC(NC(=O)NCCCn1ccnc1C)c1cc(F)ccc1F. The maximum atomic E-state index is 13.8. The Balaban J connectivity index is 1.81. The van der Waals surface area contributed by atoms with E-state index in [1.54, 1.807) is 13.1 Å². The molecule has 1 atom stereocenters. The van der Waals surface area contributed by atoms with E-state index in [2.05, 4.69) is 15.6 Å². The number of urea groups is 1. The van der Waals surface area contributed by atoms with Gasteiger partial charge in [0.15, 0.2) is 0 Å². The van der Waals surface area contributed by atoms with Crippen LogP contribution < -0.4 is 10.6 Å². The largest absolute Gasteiger partial charge is 0.338 e. The van der Waals surface area contributed by atoms with Crippen molar-refractivity contribution in [2.24, 2.45) is 0 Å². The number of hydrogen-bond donors (Lipinski definition) is 2. The molecule has 0 fully saturated rings. The van der Waals surface area contributed by atoms with Crippen LogP contribution >= 0.6 is 0 Å². The molecule has 0 radical (unpaired) electrons. The number of amides is 2. The van der Waals surface area contributed by atoms with Crippen molar-refractivity contribution in [1.82, 2.24) is 20.2 Å². The lowest BCUT2D eigenvalue weighted by Gasteiger charge is -2.18. The number of carbonyl (C=O) groups excluding carboxylic acids is 1. The van der Waals surface area contributed by atoms with Crippen LogP contribution in [0.15, 0.2) is 30.6 Å². The summed E-state index contributed by atoms with van der Waals surface area (Å²) in [4.78, 5) is 16.1. The second kappa shape index (κ2) is 8.42. The van der Waals surface area contributed by atoms with Gasteiger partial charge in [-0.05, 0) is 38.0 Å². The molecule has 0 saturated heterocycles. The first kappa shape index (κ1) is 17.9. The summed E-state index contributed by atoms with van der Waals surface area (Å²) in [6.45, 7) is 4.95. The van der Waals surface area contributed by atoms with E-state index in [1.165, 1.54) is 0 Å². The van der Waals surface area contributed by atoms with Crippen LogP contribution in [0.25, 0.3) is 0 Å². The first-order valence-electron chi connectivity index (χ1n) is 7.98. The predicted octanol–water partition coefficient (Wildman–Crippen LogP) is 3.31. The molecule has 0 aliphatic heterocycles. The molecule has 2 aromatic rings. The van der Waals surface area contributed by atoms with Crippen molar-refractivity contribution < 1.29 is 13.6 Å². The van der Waals surface area contributed by atoms with Crippen molar-refractivity contribution in [2.75, 3.05) is 6.54 Å². The van der Waals surface area contributed by atoms with Gasteiger partial charge in [-0.2, -0.15) is 0 Å². The zero-order chi connectivity index (χ0) is 17.5. The molecule has 0 aliphatic rings. The smallest absolute Gasteiger partial charge is 0.315 e. The Labute approximate surface area is 140 Å². The maximum absolute atomic E-state index is 13.8. The summed E-state index contributed by atoms with van der Waals surface area (Å²) >= 11 is 0. The summed E-state index contributed by atoms with van der Waals surface area (Å²) < 4.78 is 29.1. The third-order valence-corrected chi connectivity index (χ3v) is 3.83. The topological polar surface area (TPSA) is 59.0 Å². The second-order valence-corrected chi connectivity index (χ2v) is 5.55. The molecule has 2 rings (SSSR count). The third kappa shape index (κ3) is 4.78.